The molecule has 0 saturated carbocycles. The Hall–Kier alpha value is -3.47. The lowest BCUT2D eigenvalue weighted by Crippen LogP contribution is -2.48. The molecule has 2 aromatic heterocycles. The van der Waals surface area contributed by atoms with Gasteiger partial charge in [-0.25, -0.2) is 4.98 Å². The summed E-state index contributed by atoms with van der Waals surface area (Å²) >= 11 is 0. The molecule has 3 aromatic rings. The Morgan fingerprint density at radius 1 is 1.34 bits per heavy atom. The fourth-order valence-corrected chi connectivity index (χ4v) is 5.09. The van der Waals surface area contributed by atoms with Gasteiger partial charge in [0.1, 0.15) is 12.4 Å². The van der Waals surface area contributed by atoms with Gasteiger partial charge < -0.3 is 24.9 Å². The van der Waals surface area contributed by atoms with Crippen molar-refractivity contribution in [3.05, 3.63) is 71.7 Å². The van der Waals surface area contributed by atoms with Gasteiger partial charge in [0.05, 0.1) is 23.7 Å². The quantitative estimate of drug-likeness (QED) is 0.318. The van der Waals surface area contributed by atoms with Gasteiger partial charge in [0.2, 0.25) is 5.91 Å². The second-order valence-corrected chi connectivity index (χ2v) is 10.1. The van der Waals surface area contributed by atoms with E-state index in [1.54, 1.807) is 12.4 Å². The number of β-amino-alcohol motifs (C(OH)–C–C–N with tert-alkyl or cyclic N) is 1. The smallest absolute Gasteiger partial charge is 0.223 e. The van der Waals surface area contributed by atoms with E-state index in [0.717, 1.165) is 55.4 Å². The number of fused-ring (bicyclic) bond motifs is 1. The van der Waals surface area contributed by atoms with Crippen LogP contribution >= 0.6 is 0 Å². The summed E-state index contributed by atoms with van der Waals surface area (Å²) in [7, 11) is 0. The van der Waals surface area contributed by atoms with E-state index in [1.165, 1.54) is 17.5 Å². The molecule has 202 valence electrons. The highest BCUT2D eigenvalue weighted by molar-refractivity contribution is 5.78. The topological polar surface area (TPSA) is 125 Å². The number of amides is 1. The lowest BCUT2D eigenvalue weighted by Gasteiger charge is -2.32. The summed E-state index contributed by atoms with van der Waals surface area (Å²) in [6.07, 6.45) is 6.67. The van der Waals surface area contributed by atoms with Crippen molar-refractivity contribution in [1.82, 2.24) is 25.5 Å². The molecule has 0 spiro atoms. The maximum atomic E-state index is 12.8. The Kier molecular flexibility index (Phi) is 8.52. The number of oxazole rings is 1. The van der Waals surface area contributed by atoms with Crippen LogP contribution in [0.4, 0.5) is 5.69 Å². The fourth-order valence-electron chi connectivity index (χ4n) is 5.09. The molecule has 0 aliphatic carbocycles. The summed E-state index contributed by atoms with van der Waals surface area (Å²) in [6, 6.07) is 9.99. The molecule has 0 bridgehead atoms. The zero-order chi connectivity index (χ0) is 26.3. The molecule has 3 atom stereocenters. The Morgan fingerprint density at radius 2 is 2.26 bits per heavy atom. The summed E-state index contributed by atoms with van der Waals surface area (Å²) in [4.78, 5) is 23.3. The first kappa shape index (κ1) is 26.1. The third-order valence-electron chi connectivity index (χ3n) is 7.24. The average molecular weight is 521 g/mol. The average Bonchev–Trinajstić information content (AvgIpc) is 3.35. The number of aliphatic hydroxyl groups is 1. The normalized spacial score (nSPS) is 20.4. The number of ether oxygens (including phenoxy) is 1. The van der Waals surface area contributed by atoms with Crippen LogP contribution in [0.5, 0.6) is 5.75 Å². The summed E-state index contributed by atoms with van der Waals surface area (Å²) in [5, 5.41) is 20.4. The van der Waals surface area contributed by atoms with E-state index in [0.29, 0.717) is 19.6 Å². The Balaban J connectivity index is 1.04. The number of piperidine rings is 1. The van der Waals surface area contributed by atoms with Gasteiger partial charge in [-0.05, 0) is 68.1 Å². The third kappa shape index (κ3) is 6.89. The van der Waals surface area contributed by atoms with Gasteiger partial charge in [-0.15, -0.1) is 0 Å². The molecule has 0 radical (unpaired) electrons. The largest absolute Gasteiger partial charge is 0.486 e. The molecular formula is C28H36N6O4. The third-order valence-corrected chi connectivity index (χ3v) is 7.24. The zero-order valence-corrected chi connectivity index (χ0v) is 21.7. The van der Waals surface area contributed by atoms with Crippen molar-refractivity contribution in [2.24, 2.45) is 5.92 Å². The minimum Gasteiger partial charge on any atom is -0.486 e. The first-order chi connectivity index (χ1) is 18.5. The van der Waals surface area contributed by atoms with Gasteiger partial charge in [0.25, 0.3) is 0 Å². The minimum atomic E-state index is -0.626. The summed E-state index contributed by atoms with van der Waals surface area (Å²) in [6.45, 7) is 5.39. The van der Waals surface area contributed by atoms with E-state index in [2.05, 4.69) is 43.0 Å². The standard InChI is InChI=1S/C28H36N6O4/c1-19-26(38-18-32-19)17-37-25-5-4-22-15-34(10-7-20(22)11-25)16-24(35)14-31-28(36)21-6-9-30-27(12-21)33-23-3-2-8-29-13-23/h2-5,8,11,13,18,21,24,27,30,33,35H,6-7,9-10,12,14-17H2,1H3,(H,31,36)/t21?,24-,27?/m0/s1. The van der Waals surface area contributed by atoms with Crippen molar-refractivity contribution in [2.75, 3.05) is 31.5 Å². The molecule has 2 unspecified atom stereocenters. The molecule has 4 heterocycles. The van der Waals surface area contributed by atoms with Crippen LogP contribution in [0, 0.1) is 12.8 Å². The number of hydrogen-bond donors (Lipinski definition) is 4. The van der Waals surface area contributed by atoms with Gasteiger partial charge in [-0.1, -0.05) is 6.07 Å². The summed E-state index contributed by atoms with van der Waals surface area (Å²) in [5.74, 6) is 1.45. The van der Waals surface area contributed by atoms with E-state index < -0.39 is 6.10 Å². The molecule has 5 rings (SSSR count). The number of aliphatic hydroxyl groups excluding tert-OH is 1. The minimum absolute atomic E-state index is 0.000536. The van der Waals surface area contributed by atoms with Crippen LogP contribution in [0.3, 0.4) is 0 Å². The van der Waals surface area contributed by atoms with Crippen molar-refractivity contribution < 1.29 is 19.1 Å². The maximum Gasteiger partial charge on any atom is 0.223 e. The van der Waals surface area contributed by atoms with Crippen molar-refractivity contribution in [1.29, 1.82) is 0 Å². The molecule has 4 N–H and O–H groups in total. The van der Waals surface area contributed by atoms with Gasteiger partial charge >= 0.3 is 0 Å². The number of hydrogen-bond acceptors (Lipinski definition) is 9. The molecule has 1 aromatic carbocycles. The van der Waals surface area contributed by atoms with Crippen LogP contribution in [-0.2, 0) is 24.4 Å². The van der Waals surface area contributed by atoms with Crippen molar-refractivity contribution >= 4 is 11.6 Å². The second-order valence-electron chi connectivity index (χ2n) is 10.1. The molecule has 1 saturated heterocycles. The maximum absolute atomic E-state index is 12.8. The molecule has 10 heteroatoms. The first-order valence-electron chi connectivity index (χ1n) is 13.2. The number of rotatable bonds is 10. The Labute approximate surface area is 222 Å². The zero-order valence-electron chi connectivity index (χ0n) is 21.7. The number of anilines is 1. The Morgan fingerprint density at radius 3 is 3.08 bits per heavy atom. The number of aromatic nitrogens is 2. The van der Waals surface area contributed by atoms with Gasteiger partial charge in [-0.3, -0.25) is 20.0 Å². The van der Waals surface area contributed by atoms with E-state index in [9.17, 15) is 9.90 Å². The highest BCUT2D eigenvalue weighted by atomic mass is 16.5. The van der Waals surface area contributed by atoms with Crippen LogP contribution in [0.15, 0.2) is 53.5 Å². The second kappa shape index (κ2) is 12.4. The van der Waals surface area contributed by atoms with E-state index in [-0.39, 0.29) is 24.5 Å². The van der Waals surface area contributed by atoms with E-state index in [1.807, 2.05) is 25.1 Å². The monoisotopic (exact) mass is 520 g/mol. The Bertz CT molecular complexity index is 1200. The van der Waals surface area contributed by atoms with Crippen molar-refractivity contribution in [3.8, 4) is 5.75 Å². The molecule has 38 heavy (non-hydrogen) atoms. The van der Waals surface area contributed by atoms with Gasteiger partial charge in [0, 0.05) is 44.5 Å². The van der Waals surface area contributed by atoms with Crippen LogP contribution in [-0.4, -0.2) is 64.3 Å². The van der Waals surface area contributed by atoms with Gasteiger partial charge in [-0.2, -0.15) is 0 Å². The summed E-state index contributed by atoms with van der Waals surface area (Å²) < 4.78 is 11.2. The van der Waals surface area contributed by atoms with Crippen LogP contribution in [0.2, 0.25) is 0 Å². The van der Waals surface area contributed by atoms with Crippen molar-refractivity contribution in [3.63, 3.8) is 0 Å². The number of benzene rings is 1. The van der Waals surface area contributed by atoms with E-state index >= 15 is 0 Å². The van der Waals surface area contributed by atoms with E-state index in [4.69, 9.17) is 9.15 Å². The molecule has 1 fully saturated rings. The number of pyridine rings is 1. The number of carbonyl (C=O) groups excluding carboxylic acids is 1. The predicted octanol–water partition coefficient (Wildman–Crippen LogP) is 2.23. The highest BCUT2D eigenvalue weighted by Gasteiger charge is 2.27. The number of nitrogens with one attached hydrogen (secondary N) is 3. The molecule has 1 amide bonds. The lowest BCUT2D eigenvalue weighted by molar-refractivity contribution is -0.126. The number of carbonyl (C=O) groups is 1. The molecule has 2 aliphatic rings. The molecule has 2 aliphatic heterocycles. The highest BCUT2D eigenvalue weighted by Crippen LogP contribution is 2.25. The fraction of sp³-hybridized carbons (Fsp3) is 0.464. The first-order valence-corrected chi connectivity index (χ1v) is 13.2. The van der Waals surface area contributed by atoms with Crippen LogP contribution < -0.4 is 20.7 Å². The molecule has 10 nitrogen and oxygen atoms in total. The predicted molar refractivity (Wildman–Crippen MR) is 142 cm³/mol. The number of nitrogens with zero attached hydrogens (tertiary/aromatic N) is 3. The van der Waals surface area contributed by atoms with Crippen molar-refractivity contribution in [2.45, 2.75) is 51.6 Å². The summed E-state index contributed by atoms with van der Waals surface area (Å²) in [5.41, 5.74) is 4.26. The van der Waals surface area contributed by atoms with Crippen LogP contribution in [0.25, 0.3) is 0 Å². The molecular weight excluding hydrogens is 484 g/mol. The lowest BCUT2D eigenvalue weighted by atomic mass is 9.94. The van der Waals surface area contributed by atoms with Crippen LogP contribution in [0.1, 0.15) is 35.4 Å². The SMILES string of the molecule is Cc1ncoc1COc1ccc2c(c1)CCN(C[C@@H](O)CNC(=O)C1CCNC(Nc3cccnc3)C1)C2. The number of aryl methyl sites for hydroxylation is 1. The van der Waals surface area contributed by atoms with Gasteiger partial charge in [0.15, 0.2) is 12.2 Å².